The number of anilines is 1. The number of ether oxygens (including phenoxy) is 1. The first-order valence-electron chi connectivity index (χ1n) is 4.59. The Hall–Kier alpha value is -1.84. The van der Waals surface area contributed by atoms with Crippen molar-refractivity contribution in [1.29, 1.82) is 0 Å². The molecule has 0 aliphatic rings. The Labute approximate surface area is 88.0 Å². The minimum Gasteiger partial charge on any atom is -0.465 e. The van der Waals surface area contributed by atoms with Gasteiger partial charge >= 0.3 is 5.97 Å². The number of nitrogen functional groups attached to an aromatic ring is 1. The fourth-order valence-corrected chi connectivity index (χ4v) is 1.28. The van der Waals surface area contributed by atoms with Gasteiger partial charge in [-0.15, -0.1) is 0 Å². The van der Waals surface area contributed by atoms with Gasteiger partial charge < -0.3 is 15.3 Å². The molecule has 4 nitrogen and oxygen atoms in total. The maximum Gasteiger partial charge on any atom is 0.337 e. The van der Waals surface area contributed by atoms with E-state index in [0.29, 0.717) is 24.1 Å². The number of esters is 1. The van der Waals surface area contributed by atoms with Crippen molar-refractivity contribution in [2.75, 3.05) is 12.8 Å². The van der Waals surface area contributed by atoms with Gasteiger partial charge in [-0.25, -0.2) is 4.79 Å². The van der Waals surface area contributed by atoms with E-state index < -0.39 is 5.97 Å². The lowest BCUT2D eigenvalue weighted by atomic mass is 10.1. The molecule has 0 aliphatic heterocycles. The van der Waals surface area contributed by atoms with Crippen LogP contribution >= 0.6 is 0 Å². The Balaban J connectivity index is 2.87. The molecule has 0 spiro atoms. The Kier molecular flexibility index (Phi) is 3.85. The van der Waals surface area contributed by atoms with E-state index in [1.54, 1.807) is 18.2 Å². The van der Waals surface area contributed by atoms with E-state index in [-0.39, 0.29) is 0 Å². The van der Waals surface area contributed by atoms with Gasteiger partial charge in [-0.05, 0) is 24.1 Å². The van der Waals surface area contributed by atoms with Gasteiger partial charge in [0.2, 0.25) is 0 Å². The summed E-state index contributed by atoms with van der Waals surface area (Å²) < 4.78 is 4.56. The van der Waals surface area contributed by atoms with E-state index in [4.69, 9.17) is 5.73 Å². The number of rotatable bonds is 4. The third kappa shape index (κ3) is 2.80. The third-order valence-corrected chi connectivity index (χ3v) is 2.10. The number of hydrogen-bond donors (Lipinski definition) is 1. The first-order valence-corrected chi connectivity index (χ1v) is 4.59. The number of nitrogens with two attached hydrogens (primary N) is 1. The zero-order valence-corrected chi connectivity index (χ0v) is 8.53. The average Bonchev–Trinajstić information content (AvgIpc) is 2.26. The van der Waals surface area contributed by atoms with Crippen LogP contribution in [0.5, 0.6) is 0 Å². The molecule has 0 saturated carbocycles. The number of carbonyl (C=O) groups is 2. The summed E-state index contributed by atoms with van der Waals surface area (Å²) in [5.41, 5.74) is 7.54. The lowest BCUT2D eigenvalue weighted by Crippen LogP contribution is -2.04. The molecular formula is C11H13NO3. The van der Waals surface area contributed by atoms with Gasteiger partial charge in [-0.1, -0.05) is 6.07 Å². The molecule has 0 atom stereocenters. The summed E-state index contributed by atoms with van der Waals surface area (Å²) in [6.07, 6.45) is 1.87. The molecule has 15 heavy (non-hydrogen) atoms. The van der Waals surface area contributed by atoms with Crippen LogP contribution in [0.4, 0.5) is 5.69 Å². The summed E-state index contributed by atoms with van der Waals surface area (Å²) in [5.74, 6) is -0.413. The van der Waals surface area contributed by atoms with Crippen molar-refractivity contribution in [3.05, 3.63) is 29.3 Å². The predicted octanol–water partition coefficient (Wildman–Crippen LogP) is 1.19. The Morgan fingerprint density at radius 2 is 2.27 bits per heavy atom. The maximum atomic E-state index is 11.2. The molecule has 0 aliphatic carbocycles. The van der Waals surface area contributed by atoms with Crippen molar-refractivity contribution >= 4 is 17.9 Å². The van der Waals surface area contributed by atoms with Crippen molar-refractivity contribution in [3.63, 3.8) is 0 Å². The van der Waals surface area contributed by atoms with Gasteiger partial charge in [0.05, 0.1) is 12.7 Å². The number of carbonyl (C=O) groups excluding carboxylic acids is 2. The van der Waals surface area contributed by atoms with Crippen LogP contribution in [0, 0.1) is 0 Å². The second kappa shape index (κ2) is 5.14. The second-order valence-corrected chi connectivity index (χ2v) is 3.11. The molecule has 0 saturated heterocycles. The van der Waals surface area contributed by atoms with Crippen LogP contribution in [0.1, 0.15) is 22.3 Å². The van der Waals surface area contributed by atoms with Crippen LogP contribution in [0.25, 0.3) is 0 Å². The normalized spacial score (nSPS) is 9.67. The highest BCUT2D eigenvalue weighted by Crippen LogP contribution is 2.16. The fraction of sp³-hybridized carbons (Fsp3) is 0.273. The smallest absolute Gasteiger partial charge is 0.337 e. The van der Waals surface area contributed by atoms with Crippen molar-refractivity contribution in [1.82, 2.24) is 0 Å². The van der Waals surface area contributed by atoms with Crippen molar-refractivity contribution < 1.29 is 14.3 Å². The number of aryl methyl sites for hydroxylation is 1. The standard InChI is InChI=1S/C11H13NO3/c1-15-11(14)9-5-4-8(3-2-6-13)10(12)7-9/h4-7H,2-3,12H2,1H3. The zero-order chi connectivity index (χ0) is 11.3. The van der Waals surface area contributed by atoms with Crippen LogP contribution in [0.3, 0.4) is 0 Å². The molecule has 4 heteroatoms. The minimum absolute atomic E-state index is 0.413. The van der Waals surface area contributed by atoms with Gasteiger partial charge in [-0.2, -0.15) is 0 Å². The SMILES string of the molecule is COC(=O)c1ccc(CCC=O)c(N)c1. The van der Waals surface area contributed by atoms with Crippen LogP contribution < -0.4 is 5.73 Å². The first kappa shape index (κ1) is 11.2. The third-order valence-electron chi connectivity index (χ3n) is 2.10. The van der Waals surface area contributed by atoms with E-state index in [0.717, 1.165) is 11.8 Å². The molecule has 2 N–H and O–H groups in total. The molecule has 0 aromatic heterocycles. The van der Waals surface area contributed by atoms with Gasteiger partial charge in [0, 0.05) is 12.1 Å². The number of methoxy groups -OCH3 is 1. The predicted molar refractivity (Wildman–Crippen MR) is 56.6 cm³/mol. The van der Waals surface area contributed by atoms with Crippen LogP contribution in [-0.4, -0.2) is 19.4 Å². The van der Waals surface area contributed by atoms with Gasteiger partial charge in [0.1, 0.15) is 6.29 Å². The highest BCUT2D eigenvalue weighted by molar-refractivity contribution is 5.90. The van der Waals surface area contributed by atoms with Gasteiger partial charge in [0.15, 0.2) is 0 Å². The van der Waals surface area contributed by atoms with Crippen LogP contribution in [0.15, 0.2) is 18.2 Å². The molecule has 0 bridgehead atoms. The van der Waals surface area contributed by atoms with E-state index in [1.807, 2.05) is 0 Å². The van der Waals surface area contributed by atoms with Gasteiger partial charge in [-0.3, -0.25) is 0 Å². The molecule has 1 rings (SSSR count). The summed E-state index contributed by atoms with van der Waals surface area (Å²) in [6, 6.07) is 4.94. The summed E-state index contributed by atoms with van der Waals surface area (Å²) >= 11 is 0. The summed E-state index contributed by atoms with van der Waals surface area (Å²) in [6.45, 7) is 0. The van der Waals surface area contributed by atoms with Gasteiger partial charge in [0.25, 0.3) is 0 Å². The van der Waals surface area contributed by atoms with Crippen LogP contribution in [0.2, 0.25) is 0 Å². The topological polar surface area (TPSA) is 69.4 Å². The largest absolute Gasteiger partial charge is 0.465 e. The molecule has 80 valence electrons. The average molecular weight is 207 g/mol. The number of hydrogen-bond acceptors (Lipinski definition) is 4. The Bertz CT molecular complexity index is 374. The fourth-order valence-electron chi connectivity index (χ4n) is 1.28. The molecule has 0 radical (unpaired) electrons. The first-order chi connectivity index (χ1) is 7.19. The number of aldehydes is 1. The Morgan fingerprint density at radius 3 is 2.80 bits per heavy atom. The summed E-state index contributed by atoms with van der Waals surface area (Å²) in [4.78, 5) is 21.4. The maximum absolute atomic E-state index is 11.2. The van der Waals surface area contributed by atoms with Crippen LogP contribution in [-0.2, 0) is 16.0 Å². The second-order valence-electron chi connectivity index (χ2n) is 3.11. The van der Waals surface area contributed by atoms with Crippen molar-refractivity contribution in [2.24, 2.45) is 0 Å². The molecule has 0 unspecified atom stereocenters. The highest BCUT2D eigenvalue weighted by atomic mass is 16.5. The van der Waals surface area contributed by atoms with E-state index in [1.165, 1.54) is 7.11 Å². The minimum atomic E-state index is -0.413. The van der Waals surface area contributed by atoms with E-state index in [2.05, 4.69) is 4.74 Å². The molecule has 0 heterocycles. The molecular weight excluding hydrogens is 194 g/mol. The zero-order valence-electron chi connectivity index (χ0n) is 8.53. The molecule has 0 amide bonds. The molecule has 1 aromatic carbocycles. The highest BCUT2D eigenvalue weighted by Gasteiger charge is 2.07. The van der Waals surface area contributed by atoms with Crippen molar-refractivity contribution in [2.45, 2.75) is 12.8 Å². The molecule has 1 aromatic rings. The lowest BCUT2D eigenvalue weighted by Gasteiger charge is -2.05. The molecule has 0 fully saturated rings. The number of benzene rings is 1. The quantitative estimate of drug-likeness (QED) is 0.457. The van der Waals surface area contributed by atoms with E-state index >= 15 is 0 Å². The monoisotopic (exact) mass is 207 g/mol. The lowest BCUT2D eigenvalue weighted by molar-refractivity contribution is -0.107. The van der Waals surface area contributed by atoms with Crippen molar-refractivity contribution in [3.8, 4) is 0 Å². The summed E-state index contributed by atoms with van der Waals surface area (Å²) in [7, 11) is 1.32. The summed E-state index contributed by atoms with van der Waals surface area (Å²) in [5, 5.41) is 0. The van der Waals surface area contributed by atoms with E-state index in [9.17, 15) is 9.59 Å². The Morgan fingerprint density at radius 1 is 1.53 bits per heavy atom.